The minimum atomic E-state index is -2.44. The average molecular weight is 406 g/mol. The number of rotatable bonds is 7. The van der Waals surface area contributed by atoms with Gasteiger partial charge in [-0.05, 0) is 25.5 Å². The second kappa shape index (κ2) is 8.24. The molecule has 0 aliphatic heterocycles. The Hall–Kier alpha value is -1.52. The summed E-state index contributed by atoms with van der Waals surface area (Å²) in [6.45, 7) is 1.68. The summed E-state index contributed by atoms with van der Waals surface area (Å²) in [7, 11) is 0. The van der Waals surface area contributed by atoms with Crippen LogP contribution in [0.3, 0.4) is 0 Å². The standard InChI is InChI=1S/C14H16Cl2N4O4S/c1-14(8-25(23)24,13(21)18-22)4-5-20-7-12(17-19-20)9-2-3-10(15)11(16)6-9/h2-3,6-7,22H,4-5,8H2,1H3,(H,18,21)(H,23,24)/p-1/t14-/m0/s1. The first-order valence-corrected chi connectivity index (χ1v) is 9.11. The van der Waals surface area contributed by atoms with Crippen LogP contribution in [-0.4, -0.2) is 40.6 Å². The smallest absolute Gasteiger partial charge is 0.250 e. The summed E-state index contributed by atoms with van der Waals surface area (Å²) < 4.78 is 23.4. The Bertz CT molecular complexity index is 801. The topological polar surface area (TPSA) is 120 Å². The summed E-state index contributed by atoms with van der Waals surface area (Å²) in [6, 6.07) is 5.04. The number of carbonyl (C=O) groups is 1. The molecule has 1 aromatic heterocycles. The molecular formula is C14H15Cl2N4O4S-. The zero-order valence-corrected chi connectivity index (χ0v) is 15.4. The van der Waals surface area contributed by atoms with Gasteiger partial charge in [-0.25, -0.2) is 5.48 Å². The van der Waals surface area contributed by atoms with Crippen LogP contribution < -0.4 is 5.48 Å². The van der Waals surface area contributed by atoms with E-state index in [-0.39, 0.29) is 13.0 Å². The maximum atomic E-state index is 11.8. The number of halogens is 2. The van der Waals surface area contributed by atoms with E-state index in [0.717, 1.165) is 5.56 Å². The first-order valence-electron chi connectivity index (χ1n) is 7.11. The van der Waals surface area contributed by atoms with Crippen molar-refractivity contribution in [3.63, 3.8) is 0 Å². The molecule has 0 aliphatic rings. The molecule has 11 heteroatoms. The van der Waals surface area contributed by atoms with E-state index < -0.39 is 28.2 Å². The number of amides is 1. The number of aryl methyl sites for hydroxylation is 1. The molecule has 2 N–H and O–H groups in total. The largest absolute Gasteiger partial charge is 0.772 e. The third-order valence-corrected chi connectivity index (χ3v) is 5.34. The van der Waals surface area contributed by atoms with Crippen molar-refractivity contribution >= 4 is 40.2 Å². The Morgan fingerprint density at radius 2 is 2.16 bits per heavy atom. The van der Waals surface area contributed by atoms with E-state index >= 15 is 0 Å². The summed E-state index contributed by atoms with van der Waals surface area (Å²) in [5.74, 6) is -1.20. The van der Waals surface area contributed by atoms with Crippen molar-refractivity contribution in [2.45, 2.75) is 19.9 Å². The van der Waals surface area contributed by atoms with Gasteiger partial charge in [0.15, 0.2) is 0 Å². The van der Waals surface area contributed by atoms with Crippen LogP contribution in [0.1, 0.15) is 13.3 Å². The molecule has 25 heavy (non-hydrogen) atoms. The van der Waals surface area contributed by atoms with Crippen LogP contribution in [0.2, 0.25) is 10.0 Å². The number of hydroxylamine groups is 1. The van der Waals surface area contributed by atoms with Gasteiger partial charge in [0.1, 0.15) is 5.69 Å². The highest BCUT2D eigenvalue weighted by molar-refractivity contribution is 7.79. The highest BCUT2D eigenvalue weighted by Crippen LogP contribution is 2.28. The van der Waals surface area contributed by atoms with Crippen molar-refractivity contribution in [2.24, 2.45) is 5.41 Å². The quantitative estimate of drug-likeness (QED) is 0.413. The van der Waals surface area contributed by atoms with Crippen molar-refractivity contribution in [1.29, 1.82) is 0 Å². The maximum absolute atomic E-state index is 11.8. The molecule has 136 valence electrons. The van der Waals surface area contributed by atoms with E-state index in [4.69, 9.17) is 28.4 Å². The molecule has 1 heterocycles. The molecule has 0 spiro atoms. The molecule has 0 radical (unpaired) electrons. The van der Waals surface area contributed by atoms with E-state index in [1.165, 1.54) is 17.1 Å². The second-order valence-electron chi connectivity index (χ2n) is 5.70. The lowest BCUT2D eigenvalue weighted by molar-refractivity contribution is -0.138. The van der Waals surface area contributed by atoms with E-state index in [2.05, 4.69) is 10.3 Å². The summed E-state index contributed by atoms with van der Waals surface area (Å²) in [4.78, 5) is 11.8. The molecule has 0 bridgehead atoms. The lowest BCUT2D eigenvalue weighted by atomic mass is 9.88. The molecule has 0 saturated heterocycles. The molecule has 0 saturated carbocycles. The van der Waals surface area contributed by atoms with Gasteiger partial charge in [-0.15, -0.1) is 5.10 Å². The van der Waals surface area contributed by atoms with Crippen LogP contribution in [0.15, 0.2) is 24.4 Å². The van der Waals surface area contributed by atoms with Gasteiger partial charge in [-0.2, -0.15) is 0 Å². The van der Waals surface area contributed by atoms with Gasteiger partial charge in [-0.3, -0.25) is 18.9 Å². The monoisotopic (exact) mass is 405 g/mol. The number of benzene rings is 1. The van der Waals surface area contributed by atoms with Crippen LogP contribution >= 0.6 is 23.2 Å². The second-order valence-corrected chi connectivity index (χ2v) is 7.41. The Kier molecular flexibility index (Phi) is 6.53. The maximum Gasteiger partial charge on any atom is 0.250 e. The van der Waals surface area contributed by atoms with Gasteiger partial charge in [0.2, 0.25) is 5.91 Å². The first kappa shape index (κ1) is 19.8. The summed E-state index contributed by atoms with van der Waals surface area (Å²) in [5.41, 5.74) is 1.48. The van der Waals surface area contributed by atoms with E-state index in [0.29, 0.717) is 15.7 Å². The van der Waals surface area contributed by atoms with E-state index in [1.54, 1.807) is 24.4 Å². The predicted molar refractivity (Wildman–Crippen MR) is 91.9 cm³/mol. The van der Waals surface area contributed by atoms with Crippen LogP contribution in [0, 0.1) is 5.41 Å². The fraction of sp³-hybridized carbons (Fsp3) is 0.357. The first-order chi connectivity index (χ1) is 11.7. The number of hydrogen-bond acceptors (Lipinski definition) is 6. The summed E-state index contributed by atoms with van der Waals surface area (Å²) in [5, 5.41) is 17.6. The van der Waals surface area contributed by atoms with Crippen molar-refractivity contribution in [3.8, 4) is 11.3 Å². The molecule has 2 aromatic rings. The molecule has 2 rings (SSSR count). The lowest BCUT2D eigenvalue weighted by Gasteiger charge is -2.27. The summed E-state index contributed by atoms with van der Waals surface area (Å²) in [6.07, 6.45) is 1.78. The van der Waals surface area contributed by atoms with Crippen molar-refractivity contribution < 1.29 is 18.8 Å². The van der Waals surface area contributed by atoms with Gasteiger partial charge in [0, 0.05) is 17.9 Å². The van der Waals surface area contributed by atoms with Crippen LogP contribution in [0.25, 0.3) is 11.3 Å². The normalized spacial score (nSPS) is 14.8. The third kappa shape index (κ3) is 4.99. The molecule has 1 aromatic carbocycles. The molecular weight excluding hydrogens is 391 g/mol. The van der Waals surface area contributed by atoms with Crippen LogP contribution in [0.5, 0.6) is 0 Å². The zero-order valence-electron chi connectivity index (χ0n) is 13.1. The van der Waals surface area contributed by atoms with Crippen molar-refractivity contribution in [2.75, 3.05) is 5.75 Å². The fourth-order valence-corrected chi connectivity index (χ4v) is 3.30. The number of nitrogens with one attached hydrogen (secondary N) is 1. The van der Waals surface area contributed by atoms with Gasteiger partial charge in [0.05, 0.1) is 21.7 Å². The van der Waals surface area contributed by atoms with E-state index in [1.807, 2.05) is 0 Å². The molecule has 0 fully saturated rings. The number of hydrogen-bond donors (Lipinski definition) is 2. The van der Waals surface area contributed by atoms with Crippen LogP contribution in [0.4, 0.5) is 0 Å². The van der Waals surface area contributed by atoms with Crippen LogP contribution in [-0.2, 0) is 22.4 Å². The minimum Gasteiger partial charge on any atom is -0.772 e. The Labute approximate surface area is 156 Å². The zero-order chi connectivity index (χ0) is 18.6. The Morgan fingerprint density at radius 1 is 1.44 bits per heavy atom. The third-order valence-electron chi connectivity index (χ3n) is 3.73. The molecule has 1 unspecified atom stereocenters. The SMILES string of the molecule is C[C@](CCn1cc(-c2ccc(Cl)c(Cl)c2)nn1)(CS(=O)[O-])C(=O)NO. The van der Waals surface area contributed by atoms with Crippen molar-refractivity contribution in [1.82, 2.24) is 20.5 Å². The molecule has 2 atom stereocenters. The molecule has 8 nitrogen and oxygen atoms in total. The van der Waals surface area contributed by atoms with E-state index in [9.17, 15) is 13.6 Å². The van der Waals surface area contributed by atoms with Gasteiger partial charge < -0.3 is 4.55 Å². The Balaban J connectivity index is 2.13. The van der Waals surface area contributed by atoms with Gasteiger partial charge >= 0.3 is 0 Å². The number of nitrogens with zero attached hydrogens (tertiary/aromatic N) is 3. The molecule has 1 amide bonds. The molecule has 0 aliphatic carbocycles. The minimum absolute atomic E-state index is 0.136. The fourth-order valence-electron chi connectivity index (χ4n) is 2.20. The number of aromatic nitrogens is 3. The highest BCUT2D eigenvalue weighted by Gasteiger charge is 2.33. The highest BCUT2D eigenvalue weighted by atomic mass is 35.5. The summed E-state index contributed by atoms with van der Waals surface area (Å²) >= 11 is 9.41. The number of carbonyl (C=O) groups excluding carboxylic acids is 1. The lowest BCUT2D eigenvalue weighted by Crippen LogP contribution is -2.42. The van der Waals surface area contributed by atoms with Gasteiger partial charge in [0.25, 0.3) is 0 Å². The Morgan fingerprint density at radius 3 is 2.76 bits per heavy atom. The average Bonchev–Trinajstić information content (AvgIpc) is 3.03. The predicted octanol–water partition coefficient (Wildman–Crippen LogP) is 2.03. The van der Waals surface area contributed by atoms with Crippen molar-refractivity contribution in [3.05, 3.63) is 34.4 Å². The van der Waals surface area contributed by atoms with Gasteiger partial charge in [-0.1, -0.05) is 45.6 Å².